The minimum Gasteiger partial charge on any atom is -0.493 e. The summed E-state index contributed by atoms with van der Waals surface area (Å²) in [5, 5.41) is 0.850. The number of carbonyl (C=O) groups excluding carboxylic acids is 1. The normalized spacial score (nSPS) is 21.1. The number of hydrogen-bond donors (Lipinski definition) is 0. The summed E-state index contributed by atoms with van der Waals surface area (Å²) in [6.45, 7) is 10.8. The minimum atomic E-state index is -0.382. The van der Waals surface area contributed by atoms with Crippen LogP contribution < -0.4 is 10.4 Å². The SMILES string of the molecule is CC1=CCC(OC(=O)CC(C)C)C(C)(C)C1COc1ccc2ccc(=O)oc2c1. The van der Waals surface area contributed by atoms with Crippen molar-refractivity contribution in [3.63, 3.8) is 0 Å². The molecule has 1 heterocycles. The maximum atomic E-state index is 12.2. The zero-order valence-electron chi connectivity index (χ0n) is 17.9. The van der Waals surface area contributed by atoms with Gasteiger partial charge in [-0.3, -0.25) is 4.79 Å². The topological polar surface area (TPSA) is 65.7 Å². The van der Waals surface area contributed by atoms with Gasteiger partial charge in [0.2, 0.25) is 0 Å². The fourth-order valence-electron chi connectivity index (χ4n) is 3.95. The van der Waals surface area contributed by atoms with Crippen LogP contribution in [-0.4, -0.2) is 18.7 Å². The van der Waals surface area contributed by atoms with E-state index in [1.165, 1.54) is 11.6 Å². The van der Waals surface area contributed by atoms with Gasteiger partial charge in [0.05, 0.1) is 6.61 Å². The van der Waals surface area contributed by atoms with Gasteiger partial charge in [0.25, 0.3) is 0 Å². The van der Waals surface area contributed by atoms with Gasteiger partial charge in [0, 0.05) is 41.7 Å². The Morgan fingerprint density at radius 2 is 1.97 bits per heavy atom. The zero-order valence-corrected chi connectivity index (χ0v) is 17.9. The Kier molecular flexibility index (Phi) is 6.15. The van der Waals surface area contributed by atoms with Crippen molar-refractivity contribution in [2.75, 3.05) is 6.61 Å². The van der Waals surface area contributed by atoms with E-state index in [-0.39, 0.29) is 34.9 Å². The van der Waals surface area contributed by atoms with Crippen LogP contribution in [0.1, 0.15) is 47.5 Å². The fourth-order valence-corrected chi connectivity index (χ4v) is 3.95. The average molecular weight is 398 g/mol. The van der Waals surface area contributed by atoms with Crippen LogP contribution in [0.5, 0.6) is 5.75 Å². The smallest absolute Gasteiger partial charge is 0.336 e. The lowest BCUT2D eigenvalue weighted by atomic mass is 9.67. The Labute approximate surface area is 171 Å². The summed E-state index contributed by atoms with van der Waals surface area (Å²) in [6, 6.07) is 8.63. The van der Waals surface area contributed by atoms with E-state index in [9.17, 15) is 9.59 Å². The zero-order chi connectivity index (χ0) is 21.2. The van der Waals surface area contributed by atoms with Gasteiger partial charge in [-0.1, -0.05) is 39.3 Å². The van der Waals surface area contributed by atoms with E-state index in [4.69, 9.17) is 13.9 Å². The van der Waals surface area contributed by atoms with E-state index in [2.05, 4.69) is 26.8 Å². The van der Waals surface area contributed by atoms with Gasteiger partial charge in [0.1, 0.15) is 17.4 Å². The van der Waals surface area contributed by atoms with Gasteiger partial charge in [0.15, 0.2) is 0 Å². The van der Waals surface area contributed by atoms with Crippen molar-refractivity contribution < 1.29 is 18.7 Å². The van der Waals surface area contributed by atoms with E-state index in [1.54, 1.807) is 12.1 Å². The van der Waals surface area contributed by atoms with Gasteiger partial charge in [-0.05, 0) is 31.0 Å². The maximum absolute atomic E-state index is 12.2. The van der Waals surface area contributed by atoms with Crippen molar-refractivity contribution in [1.29, 1.82) is 0 Å². The summed E-state index contributed by atoms with van der Waals surface area (Å²) in [7, 11) is 0. The number of carbonyl (C=O) groups is 1. The molecule has 1 aromatic heterocycles. The van der Waals surface area contributed by atoms with Crippen molar-refractivity contribution in [2.24, 2.45) is 17.3 Å². The quantitative estimate of drug-likeness (QED) is 0.384. The van der Waals surface area contributed by atoms with E-state index in [1.807, 2.05) is 26.0 Å². The van der Waals surface area contributed by atoms with Crippen molar-refractivity contribution in [2.45, 2.75) is 53.6 Å². The van der Waals surface area contributed by atoms with Crippen LogP contribution in [0.4, 0.5) is 0 Å². The maximum Gasteiger partial charge on any atom is 0.336 e. The van der Waals surface area contributed by atoms with Crippen molar-refractivity contribution in [1.82, 2.24) is 0 Å². The van der Waals surface area contributed by atoms with Crippen molar-refractivity contribution in [3.05, 3.63) is 52.4 Å². The number of fused-ring (bicyclic) bond motifs is 1. The molecule has 0 amide bonds. The summed E-state index contributed by atoms with van der Waals surface area (Å²) in [5.41, 5.74) is 1.10. The fraction of sp³-hybridized carbons (Fsp3) is 0.500. The Balaban J connectivity index is 1.73. The molecule has 1 aliphatic rings. The molecule has 29 heavy (non-hydrogen) atoms. The number of benzene rings is 1. The molecule has 5 nitrogen and oxygen atoms in total. The van der Waals surface area contributed by atoms with E-state index < -0.39 is 0 Å². The van der Waals surface area contributed by atoms with Crippen LogP contribution in [0, 0.1) is 17.3 Å². The first-order valence-electron chi connectivity index (χ1n) is 10.2. The lowest BCUT2D eigenvalue weighted by Crippen LogP contribution is -2.45. The standard InChI is InChI=1S/C24H30O5/c1-15(2)12-23(26)29-21-10-6-16(3)19(24(21,4)5)14-27-18-9-7-17-8-11-22(25)28-20(17)13-18/h6-9,11,13,15,19,21H,10,12,14H2,1-5H3. The summed E-state index contributed by atoms with van der Waals surface area (Å²) in [4.78, 5) is 23.7. The first kappa shape index (κ1) is 21.2. The summed E-state index contributed by atoms with van der Waals surface area (Å²) in [5.74, 6) is 0.884. The van der Waals surface area contributed by atoms with E-state index in [0.29, 0.717) is 24.4 Å². The van der Waals surface area contributed by atoms with Crippen LogP contribution >= 0.6 is 0 Å². The highest BCUT2D eigenvalue weighted by Gasteiger charge is 2.43. The highest BCUT2D eigenvalue weighted by Crippen LogP contribution is 2.43. The molecule has 1 aliphatic carbocycles. The Morgan fingerprint density at radius 1 is 1.24 bits per heavy atom. The molecule has 0 spiro atoms. The molecule has 0 aliphatic heterocycles. The molecule has 2 atom stereocenters. The Bertz CT molecular complexity index is 967. The van der Waals surface area contributed by atoms with E-state index in [0.717, 1.165) is 11.8 Å². The molecule has 3 rings (SSSR count). The minimum absolute atomic E-state index is 0.103. The predicted molar refractivity (Wildman–Crippen MR) is 113 cm³/mol. The molecular weight excluding hydrogens is 368 g/mol. The Morgan fingerprint density at radius 3 is 2.69 bits per heavy atom. The first-order valence-corrected chi connectivity index (χ1v) is 10.2. The molecule has 156 valence electrons. The van der Waals surface area contributed by atoms with Crippen LogP contribution in [0.25, 0.3) is 11.0 Å². The third-order valence-corrected chi connectivity index (χ3v) is 5.79. The van der Waals surface area contributed by atoms with E-state index >= 15 is 0 Å². The summed E-state index contributed by atoms with van der Waals surface area (Å²) < 4.78 is 17.1. The molecule has 2 aromatic rings. The first-order chi connectivity index (χ1) is 13.7. The second-order valence-electron chi connectivity index (χ2n) is 8.90. The molecule has 0 N–H and O–H groups in total. The van der Waals surface area contributed by atoms with Gasteiger partial charge in [-0.15, -0.1) is 0 Å². The molecule has 0 bridgehead atoms. The predicted octanol–water partition coefficient (Wildman–Crippen LogP) is 5.12. The summed E-state index contributed by atoms with van der Waals surface area (Å²) in [6.07, 6.45) is 3.12. The molecule has 5 heteroatoms. The second kappa shape index (κ2) is 8.44. The summed E-state index contributed by atoms with van der Waals surface area (Å²) >= 11 is 0. The molecule has 0 saturated carbocycles. The highest BCUT2D eigenvalue weighted by molar-refractivity contribution is 5.77. The lowest BCUT2D eigenvalue weighted by molar-refractivity contribution is -0.159. The van der Waals surface area contributed by atoms with Crippen molar-refractivity contribution in [3.8, 4) is 5.75 Å². The van der Waals surface area contributed by atoms with Gasteiger partial charge in [-0.2, -0.15) is 0 Å². The van der Waals surface area contributed by atoms with Gasteiger partial charge >= 0.3 is 11.6 Å². The number of esters is 1. The lowest BCUT2D eigenvalue weighted by Gasteiger charge is -2.43. The largest absolute Gasteiger partial charge is 0.493 e. The third kappa shape index (κ3) is 4.89. The average Bonchev–Trinajstić information content (AvgIpc) is 2.63. The number of hydrogen-bond acceptors (Lipinski definition) is 5. The van der Waals surface area contributed by atoms with Crippen molar-refractivity contribution >= 4 is 16.9 Å². The van der Waals surface area contributed by atoms with Gasteiger partial charge < -0.3 is 13.9 Å². The molecule has 0 saturated heterocycles. The molecular formula is C24H30O5. The Hall–Kier alpha value is -2.56. The molecule has 0 fully saturated rings. The van der Waals surface area contributed by atoms with Crippen LogP contribution in [0.3, 0.4) is 0 Å². The van der Waals surface area contributed by atoms with Crippen LogP contribution in [0.15, 0.2) is 51.2 Å². The number of rotatable bonds is 6. The van der Waals surface area contributed by atoms with Crippen LogP contribution in [-0.2, 0) is 9.53 Å². The van der Waals surface area contributed by atoms with Crippen LogP contribution in [0.2, 0.25) is 0 Å². The van der Waals surface area contributed by atoms with Gasteiger partial charge in [-0.25, -0.2) is 4.79 Å². The monoisotopic (exact) mass is 398 g/mol. The second-order valence-corrected chi connectivity index (χ2v) is 8.90. The highest BCUT2D eigenvalue weighted by atomic mass is 16.5. The molecule has 2 unspecified atom stereocenters. The third-order valence-electron chi connectivity index (χ3n) is 5.79. The number of ether oxygens (including phenoxy) is 2. The molecule has 1 aromatic carbocycles. The molecule has 0 radical (unpaired) electrons.